The smallest absolute Gasteiger partial charge is 0.418 e. The van der Waals surface area contributed by atoms with Crippen molar-refractivity contribution < 1.29 is 31.1 Å². The highest BCUT2D eigenvalue weighted by atomic mass is 32.2. The number of carbonyl (C=O) groups excluding carboxylic acids is 1. The van der Waals surface area contributed by atoms with Gasteiger partial charge in [-0.25, -0.2) is 13.4 Å². The van der Waals surface area contributed by atoms with E-state index in [0.717, 1.165) is 18.4 Å². The summed E-state index contributed by atoms with van der Waals surface area (Å²) in [7, 11) is -3.68. The first-order chi connectivity index (χ1) is 15.9. The molecule has 0 saturated heterocycles. The van der Waals surface area contributed by atoms with Crippen molar-refractivity contribution in [2.24, 2.45) is 0 Å². The lowest BCUT2D eigenvalue weighted by molar-refractivity contribution is -0.137. The Kier molecular flexibility index (Phi) is 5.84. The molecule has 1 aliphatic rings. The highest BCUT2D eigenvalue weighted by Crippen LogP contribution is 2.43. The van der Waals surface area contributed by atoms with E-state index >= 15 is 0 Å². The molecule has 0 aliphatic carbocycles. The molecule has 0 saturated carbocycles. The van der Waals surface area contributed by atoms with Crippen LogP contribution < -0.4 is 9.64 Å². The van der Waals surface area contributed by atoms with Gasteiger partial charge in [0.15, 0.2) is 27.5 Å². The molecule has 0 spiro atoms. The van der Waals surface area contributed by atoms with Crippen LogP contribution in [0.5, 0.6) is 5.75 Å². The Hall–Kier alpha value is -3.47. The summed E-state index contributed by atoms with van der Waals surface area (Å²) in [5.74, 6) is -0.748. The van der Waals surface area contributed by atoms with Gasteiger partial charge in [0.25, 0.3) is 5.91 Å². The molecule has 4 rings (SSSR count). The lowest BCUT2D eigenvalue weighted by Crippen LogP contribution is -2.44. The molecule has 11 heteroatoms. The molecule has 1 aliphatic heterocycles. The second-order valence-corrected chi connectivity index (χ2v) is 9.95. The number of pyridine rings is 2. The van der Waals surface area contributed by atoms with Crippen LogP contribution >= 0.6 is 0 Å². The van der Waals surface area contributed by atoms with Gasteiger partial charge in [0.2, 0.25) is 0 Å². The molecule has 1 atom stereocenters. The minimum absolute atomic E-state index is 0.0282. The van der Waals surface area contributed by atoms with Crippen LogP contribution in [0.4, 0.5) is 19.0 Å². The highest BCUT2D eigenvalue weighted by molar-refractivity contribution is 7.90. The molecule has 1 amide bonds. The maximum absolute atomic E-state index is 14.0. The Morgan fingerprint density at radius 1 is 1.15 bits per heavy atom. The van der Waals surface area contributed by atoms with Crippen LogP contribution in [0.1, 0.15) is 23.7 Å². The molecule has 2 aromatic heterocycles. The molecule has 7 nitrogen and oxygen atoms in total. The van der Waals surface area contributed by atoms with Crippen molar-refractivity contribution in [3.8, 4) is 17.0 Å². The predicted molar refractivity (Wildman–Crippen MR) is 118 cm³/mol. The van der Waals surface area contributed by atoms with E-state index in [1.807, 2.05) is 0 Å². The number of hydrogen-bond acceptors (Lipinski definition) is 6. The first-order valence-electron chi connectivity index (χ1n) is 10.2. The van der Waals surface area contributed by atoms with E-state index in [1.165, 1.54) is 30.0 Å². The van der Waals surface area contributed by atoms with Crippen LogP contribution in [-0.2, 0) is 27.4 Å². The van der Waals surface area contributed by atoms with Gasteiger partial charge in [-0.1, -0.05) is 18.2 Å². The molecule has 0 fully saturated rings. The van der Waals surface area contributed by atoms with Gasteiger partial charge in [0, 0.05) is 23.7 Å². The van der Waals surface area contributed by atoms with Crippen molar-refractivity contribution in [2.45, 2.75) is 37.6 Å². The zero-order chi connectivity index (χ0) is 24.8. The van der Waals surface area contributed by atoms with E-state index in [4.69, 9.17) is 4.74 Å². The molecular formula is C23H20F3N3O4S. The number of benzene rings is 1. The van der Waals surface area contributed by atoms with Crippen molar-refractivity contribution in [2.75, 3.05) is 11.2 Å². The predicted octanol–water partition coefficient (Wildman–Crippen LogP) is 4.19. The molecule has 178 valence electrons. The van der Waals surface area contributed by atoms with Crippen LogP contribution in [-0.4, -0.2) is 36.7 Å². The molecular weight excluding hydrogens is 471 g/mol. The van der Waals surface area contributed by atoms with Crippen LogP contribution in [0.2, 0.25) is 0 Å². The average molecular weight is 491 g/mol. The summed E-state index contributed by atoms with van der Waals surface area (Å²) in [4.78, 5) is 22.5. The number of alkyl halides is 3. The minimum atomic E-state index is -4.81. The zero-order valence-corrected chi connectivity index (χ0v) is 19.2. The SMILES string of the molecule is Cc1ncccc1CN1C(=O)[C@@H](C)Oc2cc(C(F)(F)F)c(-c3cccc(S(C)(=O)=O)c3)nc21. The molecule has 0 bridgehead atoms. The molecule has 1 aromatic carbocycles. The molecule has 0 N–H and O–H groups in total. The fourth-order valence-electron chi connectivity index (χ4n) is 3.65. The van der Waals surface area contributed by atoms with E-state index in [9.17, 15) is 26.4 Å². The lowest BCUT2D eigenvalue weighted by atomic mass is 10.0. The number of rotatable bonds is 4. The van der Waals surface area contributed by atoms with Gasteiger partial charge < -0.3 is 4.74 Å². The topological polar surface area (TPSA) is 89.5 Å². The number of nitrogens with zero attached hydrogens (tertiary/aromatic N) is 3. The summed E-state index contributed by atoms with van der Waals surface area (Å²) in [6, 6.07) is 9.35. The first-order valence-corrected chi connectivity index (χ1v) is 12.1. The Morgan fingerprint density at radius 3 is 2.53 bits per heavy atom. The molecule has 0 radical (unpaired) electrons. The van der Waals surface area contributed by atoms with Gasteiger partial charge in [0.1, 0.15) is 0 Å². The summed E-state index contributed by atoms with van der Waals surface area (Å²) in [6.45, 7) is 3.23. The lowest BCUT2D eigenvalue weighted by Gasteiger charge is -2.33. The third-order valence-electron chi connectivity index (χ3n) is 5.43. The maximum Gasteiger partial charge on any atom is 0.418 e. The Balaban J connectivity index is 1.93. The third kappa shape index (κ3) is 4.47. The molecule has 3 aromatic rings. The zero-order valence-electron chi connectivity index (χ0n) is 18.4. The fourth-order valence-corrected chi connectivity index (χ4v) is 4.31. The second kappa shape index (κ2) is 8.39. The molecule has 3 heterocycles. The van der Waals surface area contributed by atoms with Crippen molar-refractivity contribution >= 4 is 21.6 Å². The highest BCUT2D eigenvalue weighted by Gasteiger charge is 2.40. The largest absolute Gasteiger partial charge is 0.477 e. The van der Waals surface area contributed by atoms with E-state index in [1.54, 1.807) is 25.3 Å². The van der Waals surface area contributed by atoms with Crippen molar-refractivity contribution in [3.63, 3.8) is 0 Å². The van der Waals surface area contributed by atoms with Gasteiger partial charge in [-0.15, -0.1) is 0 Å². The van der Waals surface area contributed by atoms with Crippen molar-refractivity contribution in [1.29, 1.82) is 0 Å². The number of amides is 1. The molecule has 34 heavy (non-hydrogen) atoms. The number of fused-ring (bicyclic) bond motifs is 1. The number of halogens is 3. The second-order valence-electron chi connectivity index (χ2n) is 7.94. The summed E-state index contributed by atoms with van der Waals surface area (Å²) in [5, 5.41) is 0. The van der Waals surface area contributed by atoms with E-state index < -0.39 is 39.3 Å². The summed E-state index contributed by atoms with van der Waals surface area (Å²) < 4.78 is 71.5. The van der Waals surface area contributed by atoms with Crippen LogP contribution in [0.3, 0.4) is 0 Å². The number of sulfone groups is 1. The number of carbonyl (C=O) groups is 1. The van der Waals surface area contributed by atoms with Crippen molar-refractivity contribution in [1.82, 2.24) is 9.97 Å². The standard InChI is InChI=1S/C23H20F3N3O4S/c1-13-16(7-5-9-27-13)12-29-21-19(33-14(2)22(29)30)11-18(23(24,25)26)20(28-21)15-6-4-8-17(10-15)34(3,31)32/h4-11,14H,12H2,1-3H3/t14-/m1/s1. The summed E-state index contributed by atoms with van der Waals surface area (Å²) >= 11 is 0. The minimum Gasteiger partial charge on any atom is -0.477 e. The van der Waals surface area contributed by atoms with Gasteiger partial charge >= 0.3 is 6.18 Å². The quantitative estimate of drug-likeness (QED) is 0.544. The number of aromatic nitrogens is 2. The number of anilines is 1. The summed E-state index contributed by atoms with van der Waals surface area (Å²) in [5.41, 5.74) is -0.310. The maximum atomic E-state index is 14.0. The number of aryl methyl sites for hydroxylation is 1. The average Bonchev–Trinajstić information content (AvgIpc) is 2.76. The molecule has 0 unspecified atom stereocenters. The van der Waals surface area contributed by atoms with E-state index in [0.29, 0.717) is 11.3 Å². The third-order valence-corrected chi connectivity index (χ3v) is 6.54. The fraction of sp³-hybridized carbons (Fsp3) is 0.261. The van der Waals surface area contributed by atoms with Gasteiger partial charge in [0.05, 0.1) is 22.7 Å². The Labute approximate surface area is 194 Å². The van der Waals surface area contributed by atoms with Crippen LogP contribution in [0.25, 0.3) is 11.3 Å². The van der Waals surface area contributed by atoms with E-state index in [-0.39, 0.29) is 28.6 Å². The first kappa shape index (κ1) is 23.7. The Morgan fingerprint density at radius 2 is 1.88 bits per heavy atom. The summed E-state index contributed by atoms with van der Waals surface area (Å²) in [6.07, 6.45) is -3.27. The van der Waals surface area contributed by atoms with Crippen LogP contribution in [0.15, 0.2) is 53.6 Å². The van der Waals surface area contributed by atoms with Gasteiger partial charge in [-0.3, -0.25) is 14.7 Å². The monoisotopic (exact) mass is 491 g/mol. The number of ether oxygens (including phenoxy) is 1. The van der Waals surface area contributed by atoms with Gasteiger partial charge in [-0.2, -0.15) is 13.2 Å². The normalized spacial score (nSPS) is 16.2. The number of hydrogen-bond donors (Lipinski definition) is 0. The van der Waals surface area contributed by atoms with Crippen LogP contribution in [0, 0.1) is 6.92 Å². The van der Waals surface area contributed by atoms with E-state index in [2.05, 4.69) is 9.97 Å². The van der Waals surface area contributed by atoms with Gasteiger partial charge in [-0.05, 0) is 43.7 Å². The Bertz CT molecular complexity index is 1390. The van der Waals surface area contributed by atoms with Crippen molar-refractivity contribution in [3.05, 3.63) is 65.5 Å².